The van der Waals surface area contributed by atoms with Crippen LogP contribution >= 0.6 is 0 Å². The second kappa shape index (κ2) is 9.03. The lowest BCUT2D eigenvalue weighted by molar-refractivity contribution is 0.0428. The van der Waals surface area contributed by atoms with Crippen LogP contribution in [0.1, 0.15) is 58.8 Å². The van der Waals surface area contributed by atoms with Gasteiger partial charge in [-0.1, -0.05) is 0 Å². The summed E-state index contributed by atoms with van der Waals surface area (Å²) in [6.07, 6.45) is -1.35. The van der Waals surface area contributed by atoms with Gasteiger partial charge >= 0.3 is 18.2 Å². The first-order valence-corrected chi connectivity index (χ1v) is 11.1. The van der Waals surface area contributed by atoms with Crippen LogP contribution < -0.4 is 4.90 Å². The van der Waals surface area contributed by atoms with Crippen molar-refractivity contribution >= 4 is 33.7 Å². The van der Waals surface area contributed by atoms with Gasteiger partial charge in [0.05, 0.1) is 22.8 Å². The van der Waals surface area contributed by atoms with Gasteiger partial charge in [0.1, 0.15) is 11.2 Å². The molecule has 0 fully saturated rings. The van der Waals surface area contributed by atoms with E-state index in [-0.39, 0.29) is 17.9 Å². The fraction of sp³-hybridized carbons (Fsp3) is 0.550. The van der Waals surface area contributed by atoms with Gasteiger partial charge in [0.15, 0.2) is 9.84 Å². The van der Waals surface area contributed by atoms with Crippen LogP contribution in [0, 0.1) is 0 Å². The molecule has 0 aliphatic heterocycles. The highest BCUT2D eigenvalue weighted by molar-refractivity contribution is 7.90. The number of carbonyl (C=O) groups excluding carboxylic acids is 3. The molecule has 9 nitrogen and oxygen atoms in total. The van der Waals surface area contributed by atoms with Crippen molar-refractivity contribution in [1.29, 1.82) is 0 Å². The Labute approximate surface area is 177 Å². The van der Waals surface area contributed by atoms with Gasteiger partial charge in [-0.2, -0.15) is 4.90 Å². The van der Waals surface area contributed by atoms with Gasteiger partial charge in [0.25, 0.3) is 0 Å². The summed E-state index contributed by atoms with van der Waals surface area (Å²) in [6, 6.07) is 3.46. The number of amides is 2. The van der Waals surface area contributed by atoms with E-state index in [2.05, 4.69) is 0 Å². The Balaban J connectivity index is 3.67. The number of esters is 1. The molecule has 0 heterocycles. The minimum atomic E-state index is -3.97. The van der Waals surface area contributed by atoms with Crippen LogP contribution in [0.25, 0.3) is 0 Å². The average Bonchev–Trinajstić information content (AvgIpc) is 2.50. The summed E-state index contributed by atoms with van der Waals surface area (Å²) >= 11 is 0. The number of benzene rings is 1. The third-order valence-electron chi connectivity index (χ3n) is 3.26. The van der Waals surface area contributed by atoms with Crippen molar-refractivity contribution in [3.8, 4) is 0 Å². The van der Waals surface area contributed by atoms with Gasteiger partial charge in [-0.3, -0.25) is 0 Å². The summed E-state index contributed by atoms with van der Waals surface area (Å²) in [7, 11) is -3.97. The lowest BCUT2D eigenvalue weighted by atomic mass is 10.2. The smallest absolute Gasteiger partial charge is 0.424 e. The number of nitrogens with zero attached hydrogens (tertiary/aromatic N) is 1. The second-order valence-corrected chi connectivity index (χ2v) is 10.5. The average molecular weight is 444 g/mol. The number of rotatable bonds is 4. The first-order chi connectivity index (χ1) is 13.5. The molecule has 0 saturated carbocycles. The van der Waals surface area contributed by atoms with E-state index in [1.54, 1.807) is 48.5 Å². The SMILES string of the molecule is CCOC(=O)c1ccc(N(C(=O)OC(C)(C)C)C(=O)OC(C)(C)C)c(S(C)(=O)=O)c1. The number of imide groups is 1. The fourth-order valence-corrected chi connectivity index (χ4v) is 3.10. The van der Waals surface area contributed by atoms with E-state index in [0.29, 0.717) is 4.90 Å². The standard InChI is InChI=1S/C20H29NO8S/c1-9-27-16(22)13-10-11-14(15(12-13)30(8,25)26)21(17(23)28-19(2,3)4)18(24)29-20(5,6)7/h10-12H,9H2,1-8H3. The molecule has 0 aliphatic rings. The zero-order valence-corrected chi connectivity index (χ0v) is 19.4. The Morgan fingerprint density at radius 3 is 1.77 bits per heavy atom. The molecule has 1 rings (SSSR count). The molecule has 0 saturated heterocycles. The van der Waals surface area contributed by atoms with E-state index in [1.807, 2.05) is 0 Å². The van der Waals surface area contributed by atoms with Crippen LogP contribution in [-0.2, 0) is 24.0 Å². The fourth-order valence-electron chi connectivity index (χ4n) is 2.22. The minimum Gasteiger partial charge on any atom is -0.462 e. The maximum atomic E-state index is 12.8. The van der Waals surface area contributed by atoms with Crippen LogP contribution in [0.2, 0.25) is 0 Å². The molecule has 1 aromatic rings. The number of sulfone groups is 1. The van der Waals surface area contributed by atoms with Gasteiger partial charge in [-0.25, -0.2) is 22.8 Å². The van der Waals surface area contributed by atoms with E-state index in [0.717, 1.165) is 18.4 Å². The first kappa shape index (κ1) is 25.4. The van der Waals surface area contributed by atoms with Crippen LogP contribution in [-0.4, -0.2) is 50.6 Å². The Hall–Kier alpha value is -2.62. The van der Waals surface area contributed by atoms with Crippen molar-refractivity contribution in [2.75, 3.05) is 17.8 Å². The zero-order valence-electron chi connectivity index (χ0n) is 18.6. The molecule has 30 heavy (non-hydrogen) atoms. The van der Waals surface area contributed by atoms with Gasteiger partial charge in [0.2, 0.25) is 0 Å². The molecule has 0 bridgehead atoms. The number of hydrogen-bond donors (Lipinski definition) is 0. The highest BCUT2D eigenvalue weighted by Crippen LogP contribution is 2.30. The highest BCUT2D eigenvalue weighted by atomic mass is 32.2. The van der Waals surface area contributed by atoms with Crippen molar-refractivity contribution in [3.63, 3.8) is 0 Å². The van der Waals surface area contributed by atoms with Crippen molar-refractivity contribution < 1.29 is 37.0 Å². The maximum absolute atomic E-state index is 12.8. The predicted octanol–water partition coefficient (Wildman–Crippen LogP) is 3.94. The van der Waals surface area contributed by atoms with Gasteiger partial charge < -0.3 is 14.2 Å². The monoisotopic (exact) mass is 443 g/mol. The number of carbonyl (C=O) groups is 3. The highest BCUT2D eigenvalue weighted by Gasteiger charge is 2.35. The van der Waals surface area contributed by atoms with Crippen molar-refractivity contribution in [2.45, 2.75) is 64.6 Å². The van der Waals surface area contributed by atoms with Crippen LogP contribution in [0.3, 0.4) is 0 Å². The van der Waals surface area contributed by atoms with Crippen molar-refractivity contribution in [1.82, 2.24) is 0 Å². The normalized spacial score (nSPS) is 12.1. The summed E-state index contributed by atoms with van der Waals surface area (Å²) in [5, 5.41) is 0. The summed E-state index contributed by atoms with van der Waals surface area (Å²) in [6.45, 7) is 11.3. The summed E-state index contributed by atoms with van der Waals surface area (Å²) in [5.41, 5.74) is -2.27. The van der Waals surface area contributed by atoms with Crippen LogP contribution in [0.15, 0.2) is 23.1 Å². The van der Waals surface area contributed by atoms with Crippen molar-refractivity contribution in [3.05, 3.63) is 23.8 Å². The predicted molar refractivity (Wildman–Crippen MR) is 110 cm³/mol. The molecule has 1 aromatic carbocycles. The number of anilines is 1. The summed E-state index contributed by atoms with van der Waals surface area (Å²) in [5.74, 6) is -0.741. The maximum Gasteiger partial charge on any atom is 0.424 e. The van der Waals surface area contributed by atoms with Gasteiger partial charge in [-0.05, 0) is 66.7 Å². The molecule has 0 atom stereocenters. The molecule has 0 spiro atoms. The topological polar surface area (TPSA) is 116 Å². The van der Waals surface area contributed by atoms with Crippen molar-refractivity contribution in [2.24, 2.45) is 0 Å². The molecule has 0 N–H and O–H groups in total. The molecule has 0 unspecified atom stereocenters. The lowest BCUT2D eigenvalue weighted by Crippen LogP contribution is -2.44. The minimum absolute atomic E-state index is 0.0469. The van der Waals surface area contributed by atoms with E-state index in [9.17, 15) is 22.8 Å². The number of hydrogen-bond acceptors (Lipinski definition) is 8. The summed E-state index contributed by atoms with van der Waals surface area (Å²) in [4.78, 5) is 37.7. The second-order valence-electron chi connectivity index (χ2n) is 8.47. The number of ether oxygens (including phenoxy) is 3. The van der Waals surface area contributed by atoms with Gasteiger partial charge in [0, 0.05) is 6.26 Å². The quantitative estimate of drug-likeness (QED) is 0.507. The third kappa shape index (κ3) is 7.33. The van der Waals surface area contributed by atoms with Crippen LogP contribution in [0.5, 0.6) is 0 Å². The zero-order chi connectivity index (χ0) is 23.5. The molecule has 10 heteroatoms. The van der Waals surface area contributed by atoms with Crippen LogP contribution in [0.4, 0.5) is 15.3 Å². The van der Waals surface area contributed by atoms with E-state index >= 15 is 0 Å². The lowest BCUT2D eigenvalue weighted by Gasteiger charge is -2.29. The Kier molecular flexibility index (Phi) is 7.65. The molecule has 0 aromatic heterocycles. The molecule has 0 aliphatic carbocycles. The molecule has 2 amide bonds. The molecular formula is C20H29NO8S. The Bertz CT molecular complexity index is 895. The molecule has 168 valence electrons. The molecule has 0 radical (unpaired) electrons. The summed E-state index contributed by atoms with van der Waals surface area (Å²) < 4.78 is 40.3. The Morgan fingerprint density at radius 2 is 1.40 bits per heavy atom. The largest absolute Gasteiger partial charge is 0.462 e. The van der Waals surface area contributed by atoms with E-state index < -0.39 is 44.1 Å². The van der Waals surface area contributed by atoms with E-state index in [1.165, 1.54) is 6.07 Å². The van der Waals surface area contributed by atoms with Gasteiger partial charge in [-0.15, -0.1) is 0 Å². The Morgan fingerprint density at radius 1 is 0.933 bits per heavy atom. The van der Waals surface area contributed by atoms with E-state index in [4.69, 9.17) is 14.2 Å². The third-order valence-corrected chi connectivity index (χ3v) is 4.39. The molecular weight excluding hydrogens is 414 g/mol. The first-order valence-electron chi connectivity index (χ1n) is 9.23.